The minimum Gasteiger partial charge on any atom is -0.365 e. The molecule has 0 unspecified atom stereocenters. The fourth-order valence-electron chi connectivity index (χ4n) is 2.45. The van der Waals surface area contributed by atoms with Crippen molar-refractivity contribution in [2.45, 2.75) is 64.0 Å². The Kier molecular flexibility index (Phi) is 4.72. The molecule has 1 saturated carbocycles. The molecule has 6 nitrogen and oxygen atoms in total. The van der Waals surface area contributed by atoms with E-state index in [0.717, 1.165) is 0 Å². The van der Waals surface area contributed by atoms with Crippen LogP contribution in [-0.2, 0) is 0 Å². The Bertz CT molecular complexity index is 576. The highest BCUT2D eigenvalue weighted by Gasteiger charge is 2.35. The van der Waals surface area contributed by atoms with Crippen molar-refractivity contribution in [1.29, 1.82) is 0 Å². The van der Waals surface area contributed by atoms with Crippen LogP contribution in [0.5, 0.6) is 0 Å². The van der Waals surface area contributed by atoms with E-state index in [4.69, 9.17) is 5.73 Å². The molecule has 1 aromatic rings. The molecule has 8 heteroatoms. The van der Waals surface area contributed by atoms with Crippen molar-refractivity contribution in [3.63, 3.8) is 0 Å². The lowest BCUT2D eigenvalue weighted by atomic mass is 9.92. The van der Waals surface area contributed by atoms with Crippen LogP contribution in [0, 0.1) is 0 Å². The lowest BCUT2D eigenvalue weighted by Crippen LogP contribution is -2.33. The van der Waals surface area contributed by atoms with E-state index in [-0.39, 0.29) is 30.0 Å². The van der Waals surface area contributed by atoms with Gasteiger partial charge in [0.15, 0.2) is 0 Å². The topological polar surface area (TPSA) is 92.9 Å². The van der Waals surface area contributed by atoms with Gasteiger partial charge < -0.3 is 16.4 Å². The average Bonchev–Trinajstić information content (AvgIpc) is 2.39. The van der Waals surface area contributed by atoms with Crippen molar-refractivity contribution in [3.05, 3.63) is 11.8 Å². The van der Waals surface area contributed by atoms with E-state index in [1.165, 1.54) is 6.20 Å². The number of alkyl halides is 2. The Morgan fingerprint density at radius 1 is 1.35 bits per heavy atom. The third-order valence-electron chi connectivity index (χ3n) is 3.60. The molecule has 0 saturated heterocycles. The van der Waals surface area contributed by atoms with Gasteiger partial charge in [-0.3, -0.25) is 4.79 Å². The van der Waals surface area contributed by atoms with Gasteiger partial charge in [-0.15, -0.1) is 0 Å². The van der Waals surface area contributed by atoms with Gasteiger partial charge in [-0.05, 0) is 33.6 Å². The van der Waals surface area contributed by atoms with Gasteiger partial charge in [0.2, 0.25) is 11.9 Å². The molecule has 4 N–H and O–H groups in total. The summed E-state index contributed by atoms with van der Waals surface area (Å²) in [7, 11) is 0. The average molecular weight is 327 g/mol. The first kappa shape index (κ1) is 17.4. The van der Waals surface area contributed by atoms with Gasteiger partial charge in [0.1, 0.15) is 5.82 Å². The summed E-state index contributed by atoms with van der Waals surface area (Å²) < 4.78 is 26.4. The smallest absolute Gasteiger partial charge is 0.254 e. The van der Waals surface area contributed by atoms with Crippen LogP contribution < -0.4 is 16.4 Å². The number of carbonyl (C=O) groups excluding carboxylic acids is 1. The highest BCUT2D eigenvalue weighted by molar-refractivity contribution is 5.97. The Labute approximate surface area is 134 Å². The molecule has 128 valence electrons. The number of amides is 1. The second kappa shape index (κ2) is 6.25. The second-order valence-electron chi connectivity index (χ2n) is 6.97. The molecule has 0 bridgehead atoms. The Balaban J connectivity index is 2.14. The van der Waals surface area contributed by atoms with E-state index in [1.54, 1.807) is 0 Å². The first-order chi connectivity index (χ1) is 10.6. The zero-order valence-corrected chi connectivity index (χ0v) is 13.6. The fraction of sp³-hybridized carbons (Fsp3) is 0.667. The number of anilines is 2. The number of nitrogens with one attached hydrogen (secondary N) is 2. The molecule has 1 aliphatic rings. The van der Waals surface area contributed by atoms with Crippen molar-refractivity contribution < 1.29 is 13.6 Å². The van der Waals surface area contributed by atoms with Crippen LogP contribution in [0.4, 0.5) is 20.5 Å². The molecular weight excluding hydrogens is 304 g/mol. The molecule has 1 amide bonds. The highest BCUT2D eigenvalue weighted by Crippen LogP contribution is 2.34. The number of hydrogen-bond donors (Lipinski definition) is 3. The minimum atomic E-state index is -2.58. The molecule has 23 heavy (non-hydrogen) atoms. The molecule has 1 aromatic heterocycles. The molecule has 0 atom stereocenters. The number of carbonyl (C=O) groups is 1. The van der Waals surface area contributed by atoms with E-state index in [2.05, 4.69) is 20.6 Å². The van der Waals surface area contributed by atoms with E-state index < -0.39 is 11.8 Å². The number of hydrogen-bond acceptors (Lipinski definition) is 5. The Hall–Kier alpha value is -1.99. The monoisotopic (exact) mass is 327 g/mol. The molecule has 1 aliphatic carbocycles. The Morgan fingerprint density at radius 2 is 1.96 bits per heavy atom. The molecule has 0 aromatic carbocycles. The van der Waals surface area contributed by atoms with Crippen LogP contribution in [0.3, 0.4) is 0 Å². The number of halogens is 2. The summed E-state index contributed by atoms with van der Waals surface area (Å²) in [6.45, 7) is 5.78. The van der Waals surface area contributed by atoms with E-state index >= 15 is 0 Å². The summed E-state index contributed by atoms with van der Waals surface area (Å²) >= 11 is 0. The molecule has 2 rings (SSSR count). The number of nitrogens with two attached hydrogens (primary N) is 1. The zero-order valence-electron chi connectivity index (χ0n) is 13.6. The summed E-state index contributed by atoms with van der Waals surface area (Å²) in [5.41, 5.74) is 5.21. The van der Waals surface area contributed by atoms with Gasteiger partial charge in [0.25, 0.3) is 5.91 Å². The molecule has 0 spiro atoms. The molecular formula is C15H23F2N5O. The molecule has 0 aliphatic heterocycles. The molecule has 0 radical (unpaired) electrons. The standard InChI is InChI=1S/C15H23F2N5O/c1-14(2,3)22-12-10(11(18)23)8-19-13(21-12)20-9-4-6-15(16,17)7-5-9/h8-9H,4-7H2,1-3H3,(H2,18,23)(H2,19,20,21,22). The van der Waals surface area contributed by atoms with Crippen molar-refractivity contribution >= 4 is 17.7 Å². The van der Waals surface area contributed by atoms with Gasteiger partial charge in [-0.1, -0.05) is 0 Å². The van der Waals surface area contributed by atoms with Crippen LogP contribution >= 0.6 is 0 Å². The molecule has 1 heterocycles. The summed E-state index contributed by atoms with van der Waals surface area (Å²) in [6.07, 6.45) is 1.78. The van der Waals surface area contributed by atoms with E-state index in [1.807, 2.05) is 20.8 Å². The van der Waals surface area contributed by atoms with E-state index in [0.29, 0.717) is 24.6 Å². The SMILES string of the molecule is CC(C)(C)Nc1nc(NC2CCC(F)(F)CC2)ncc1C(N)=O. The van der Waals surface area contributed by atoms with Crippen LogP contribution in [0.2, 0.25) is 0 Å². The summed E-state index contributed by atoms with van der Waals surface area (Å²) in [5.74, 6) is -2.56. The fourth-order valence-corrected chi connectivity index (χ4v) is 2.45. The zero-order chi connectivity index (χ0) is 17.3. The quantitative estimate of drug-likeness (QED) is 0.791. The second-order valence-corrected chi connectivity index (χ2v) is 6.97. The van der Waals surface area contributed by atoms with Crippen molar-refractivity contribution in [2.75, 3.05) is 10.6 Å². The predicted molar refractivity (Wildman–Crippen MR) is 84.8 cm³/mol. The third kappa shape index (κ3) is 5.01. The van der Waals surface area contributed by atoms with Gasteiger partial charge in [0, 0.05) is 30.6 Å². The van der Waals surface area contributed by atoms with Crippen molar-refractivity contribution in [2.24, 2.45) is 5.73 Å². The van der Waals surface area contributed by atoms with Crippen LogP contribution in [-0.4, -0.2) is 33.4 Å². The normalized spacial score (nSPS) is 18.5. The maximum Gasteiger partial charge on any atom is 0.254 e. The van der Waals surface area contributed by atoms with Crippen molar-refractivity contribution in [3.8, 4) is 0 Å². The lowest BCUT2D eigenvalue weighted by molar-refractivity contribution is -0.0361. The van der Waals surface area contributed by atoms with Gasteiger partial charge in [-0.2, -0.15) is 4.98 Å². The highest BCUT2D eigenvalue weighted by atomic mass is 19.3. The minimum absolute atomic E-state index is 0.100. The number of nitrogens with zero attached hydrogens (tertiary/aromatic N) is 2. The summed E-state index contributed by atoms with van der Waals surface area (Å²) in [4.78, 5) is 19.8. The van der Waals surface area contributed by atoms with Crippen LogP contribution in [0.1, 0.15) is 56.8 Å². The maximum absolute atomic E-state index is 13.2. The van der Waals surface area contributed by atoms with Gasteiger partial charge >= 0.3 is 0 Å². The van der Waals surface area contributed by atoms with E-state index in [9.17, 15) is 13.6 Å². The first-order valence-corrected chi connectivity index (χ1v) is 7.65. The maximum atomic E-state index is 13.2. The van der Waals surface area contributed by atoms with Gasteiger partial charge in [0.05, 0.1) is 5.56 Å². The third-order valence-corrected chi connectivity index (χ3v) is 3.60. The number of primary amides is 1. The lowest BCUT2D eigenvalue weighted by Gasteiger charge is -2.29. The molecule has 1 fully saturated rings. The van der Waals surface area contributed by atoms with Crippen LogP contribution in [0.25, 0.3) is 0 Å². The number of aromatic nitrogens is 2. The number of rotatable bonds is 4. The van der Waals surface area contributed by atoms with Crippen LogP contribution in [0.15, 0.2) is 6.20 Å². The first-order valence-electron chi connectivity index (χ1n) is 7.65. The Morgan fingerprint density at radius 3 is 2.48 bits per heavy atom. The largest absolute Gasteiger partial charge is 0.365 e. The summed E-state index contributed by atoms with van der Waals surface area (Å²) in [6, 6.07) is -0.100. The van der Waals surface area contributed by atoms with Gasteiger partial charge in [-0.25, -0.2) is 13.8 Å². The van der Waals surface area contributed by atoms with Crippen molar-refractivity contribution in [1.82, 2.24) is 9.97 Å². The summed E-state index contributed by atoms with van der Waals surface area (Å²) in [5, 5.41) is 6.17. The predicted octanol–water partition coefficient (Wildman–Crippen LogP) is 2.78.